The molecule has 0 unspecified atom stereocenters. The van der Waals surface area contributed by atoms with Crippen molar-refractivity contribution in [3.05, 3.63) is 74.2 Å². The normalized spacial score (nSPS) is 11.2. The number of benzene rings is 1. The van der Waals surface area contributed by atoms with Crippen molar-refractivity contribution in [1.29, 1.82) is 0 Å². The third-order valence-corrected chi connectivity index (χ3v) is 4.43. The molecular formula is C16H10Cl2N2OS. The lowest BCUT2D eigenvalue weighted by Gasteiger charge is -2.02. The molecule has 6 heteroatoms. The molecule has 3 nitrogen and oxygen atoms in total. The fourth-order valence-electron chi connectivity index (χ4n) is 1.93. The SMILES string of the molecule is O=C(c1cccs1)n1nccc1/C=C/c1cc(Cl)ccc1Cl. The van der Waals surface area contributed by atoms with Crippen molar-refractivity contribution in [2.45, 2.75) is 0 Å². The Balaban J connectivity index is 1.91. The van der Waals surface area contributed by atoms with Crippen LogP contribution in [-0.2, 0) is 0 Å². The highest BCUT2D eigenvalue weighted by molar-refractivity contribution is 7.12. The van der Waals surface area contributed by atoms with Gasteiger partial charge in [-0.3, -0.25) is 4.79 Å². The predicted molar refractivity (Wildman–Crippen MR) is 91.7 cm³/mol. The van der Waals surface area contributed by atoms with Gasteiger partial charge in [0.25, 0.3) is 5.91 Å². The summed E-state index contributed by atoms with van der Waals surface area (Å²) < 4.78 is 1.36. The van der Waals surface area contributed by atoms with Gasteiger partial charge in [-0.25, -0.2) is 0 Å². The molecule has 3 rings (SSSR count). The molecule has 3 aromatic rings. The van der Waals surface area contributed by atoms with Crippen LogP contribution in [0.4, 0.5) is 0 Å². The number of hydrogen-bond donors (Lipinski definition) is 0. The third kappa shape index (κ3) is 3.14. The first-order chi connectivity index (χ1) is 10.6. The van der Waals surface area contributed by atoms with E-state index < -0.39 is 0 Å². The zero-order valence-corrected chi connectivity index (χ0v) is 13.6. The summed E-state index contributed by atoms with van der Waals surface area (Å²) in [5, 5.41) is 7.14. The summed E-state index contributed by atoms with van der Waals surface area (Å²) in [6.07, 6.45) is 5.18. The van der Waals surface area contributed by atoms with E-state index in [0.717, 1.165) is 5.56 Å². The van der Waals surface area contributed by atoms with Gasteiger partial charge in [0.15, 0.2) is 0 Å². The van der Waals surface area contributed by atoms with Crippen LogP contribution in [0.1, 0.15) is 20.9 Å². The van der Waals surface area contributed by atoms with E-state index in [0.29, 0.717) is 20.6 Å². The average Bonchev–Trinajstić information content (AvgIpc) is 3.18. The number of carbonyl (C=O) groups excluding carboxylic acids is 1. The van der Waals surface area contributed by atoms with Crippen LogP contribution in [0.2, 0.25) is 10.0 Å². The van der Waals surface area contributed by atoms with E-state index >= 15 is 0 Å². The molecule has 0 spiro atoms. The first-order valence-electron chi connectivity index (χ1n) is 6.40. The first kappa shape index (κ1) is 15.0. The quantitative estimate of drug-likeness (QED) is 0.659. The van der Waals surface area contributed by atoms with Gasteiger partial charge in [0, 0.05) is 10.0 Å². The lowest BCUT2D eigenvalue weighted by molar-refractivity contribution is 0.0948. The Labute approximate surface area is 141 Å². The molecule has 110 valence electrons. The fourth-order valence-corrected chi connectivity index (χ4v) is 2.94. The summed E-state index contributed by atoms with van der Waals surface area (Å²) in [6, 6.07) is 10.6. The van der Waals surface area contributed by atoms with Crippen molar-refractivity contribution < 1.29 is 4.79 Å². The van der Waals surface area contributed by atoms with E-state index in [1.807, 2.05) is 17.5 Å². The molecule has 0 fully saturated rings. The Bertz CT molecular complexity index is 838. The van der Waals surface area contributed by atoms with E-state index in [-0.39, 0.29) is 5.91 Å². The summed E-state index contributed by atoms with van der Waals surface area (Å²) in [5.41, 5.74) is 1.46. The number of thiophene rings is 1. The number of rotatable bonds is 3. The summed E-state index contributed by atoms with van der Waals surface area (Å²) in [6.45, 7) is 0. The second kappa shape index (κ2) is 6.48. The molecule has 0 amide bonds. The van der Waals surface area contributed by atoms with Crippen molar-refractivity contribution in [2.75, 3.05) is 0 Å². The number of carbonyl (C=O) groups is 1. The number of halogens is 2. The summed E-state index contributed by atoms with van der Waals surface area (Å²) in [7, 11) is 0. The molecule has 2 aromatic heterocycles. The van der Waals surface area contributed by atoms with E-state index in [1.54, 1.807) is 42.6 Å². The molecule has 0 atom stereocenters. The molecule has 0 aliphatic rings. The number of nitrogens with zero attached hydrogens (tertiary/aromatic N) is 2. The van der Waals surface area contributed by atoms with Crippen molar-refractivity contribution in [2.24, 2.45) is 0 Å². The average molecular weight is 349 g/mol. The molecule has 0 saturated heterocycles. The summed E-state index contributed by atoms with van der Waals surface area (Å²) >= 11 is 13.5. The van der Waals surface area contributed by atoms with Crippen molar-refractivity contribution in [3.8, 4) is 0 Å². The van der Waals surface area contributed by atoms with Crippen LogP contribution < -0.4 is 0 Å². The highest BCUT2D eigenvalue weighted by Gasteiger charge is 2.12. The maximum Gasteiger partial charge on any atom is 0.288 e. The maximum atomic E-state index is 12.4. The van der Waals surface area contributed by atoms with Crippen LogP contribution in [0, 0.1) is 0 Å². The van der Waals surface area contributed by atoms with E-state index in [4.69, 9.17) is 23.2 Å². The van der Waals surface area contributed by atoms with Crippen LogP contribution >= 0.6 is 34.5 Å². The first-order valence-corrected chi connectivity index (χ1v) is 8.04. The molecule has 0 N–H and O–H groups in total. The van der Waals surface area contributed by atoms with E-state index in [2.05, 4.69) is 5.10 Å². The van der Waals surface area contributed by atoms with Gasteiger partial charge in [0.1, 0.15) is 0 Å². The molecule has 0 bridgehead atoms. The molecule has 0 saturated carbocycles. The smallest absolute Gasteiger partial charge is 0.266 e. The molecule has 0 aliphatic carbocycles. The third-order valence-electron chi connectivity index (χ3n) is 2.99. The largest absolute Gasteiger partial charge is 0.288 e. The van der Waals surface area contributed by atoms with Crippen LogP contribution in [0.15, 0.2) is 48.0 Å². The zero-order chi connectivity index (χ0) is 15.5. The van der Waals surface area contributed by atoms with E-state index in [9.17, 15) is 4.79 Å². The van der Waals surface area contributed by atoms with Gasteiger partial charge in [-0.05, 0) is 47.4 Å². The molecule has 22 heavy (non-hydrogen) atoms. The lowest BCUT2D eigenvalue weighted by atomic mass is 10.2. The summed E-state index contributed by atoms with van der Waals surface area (Å²) in [4.78, 5) is 13.0. The predicted octanol–water partition coefficient (Wildman–Crippen LogP) is 5.11. The Kier molecular flexibility index (Phi) is 4.43. The minimum Gasteiger partial charge on any atom is -0.266 e. The van der Waals surface area contributed by atoms with Gasteiger partial charge in [0.05, 0.1) is 16.8 Å². The number of aromatic nitrogens is 2. The standard InChI is InChI=1S/C16H10Cl2N2OS/c17-12-4-6-14(18)11(10-12)3-5-13-7-8-19-20(13)16(21)15-2-1-9-22-15/h1-10H/b5-3+. The Morgan fingerprint density at radius 3 is 2.82 bits per heavy atom. The molecule has 0 aliphatic heterocycles. The minimum atomic E-state index is -0.156. The van der Waals surface area contributed by atoms with Crippen molar-refractivity contribution >= 4 is 52.6 Å². The van der Waals surface area contributed by atoms with Crippen LogP contribution in [0.25, 0.3) is 12.2 Å². The molecule has 1 aromatic carbocycles. The van der Waals surface area contributed by atoms with Crippen molar-refractivity contribution in [3.63, 3.8) is 0 Å². The van der Waals surface area contributed by atoms with Gasteiger partial charge in [-0.2, -0.15) is 9.78 Å². The zero-order valence-electron chi connectivity index (χ0n) is 11.2. The Morgan fingerprint density at radius 1 is 1.18 bits per heavy atom. The highest BCUT2D eigenvalue weighted by atomic mass is 35.5. The molecular weight excluding hydrogens is 339 g/mol. The van der Waals surface area contributed by atoms with Gasteiger partial charge in [-0.15, -0.1) is 11.3 Å². The Morgan fingerprint density at radius 2 is 2.05 bits per heavy atom. The van der Waals surface area contributed by atoms with E-state index in [1.165, 1.54) is 16.0 Å². The van der Waals surface area contributed by atoms with Crippen LogP contribution in [0.5, 0.6) is 0 Å². The minimum absolute atomic E-state index is 0.156. The molecule has 0 radical (unpaired) electrons. The maximum absolute atomic E-state index is 12.4. The van der Waals surface area contributed by atoms with Gasteiger partial charge >= 0.3 is 0 Å². The lowest BCUT2D eigenvalue weighted by Crippen LogP contribution is -2.13. The fraction of sp³-hybridized carbons (Fsp3) is 0. The number of hydrogen-bond acceptors (Lipinski definition) is 3. The Hall–Kier alpha value is -1.88. The van der Waals surface area contributed by atoms with Crippen LogP contribution in [-0.4, -0.2) is 15.7 Å². The molecule has 2 heterocycles. The topological polar surface area (TPSA) is 34.9 Å². The second-order valence-corrected chi connectivity index (χ2v) is 6.24. The highest BCUT2D eigenvalue weighted by Crippen LogP contribution is 2.23. The van der Waals surface area contributed by atoms with Crippen LogP contribution in [0.3, 0.4) is 0 Å². The van der Waals surface area contributed by atoms with Gasteiger partial charge in [0.2, 0.25) is 0 Å². The van der Waals surface area contributed by atoms with Crippen molar-refractivity contribution in [1.82, 2.24) is 9.78 Å². The second-order valence-electron chi connectivity index (χ2n) is 4.45. The van der Waals surface area contributed by atoms with Gasteiger partial charge < -0.3 is 0 Å². The summed E-state index contributed by atoms with van der Waals surface area (Å²) in [5.74, 6) is -0.156. The monoisotopic (exact) mass is 348 g/mol. The van der Waals surface area contributed by atoms with Gasteiger partial charge in [-0.1, -0.05) is 35.3 Å².